The molecule has 6 nitrogen and oxygen atoms in total. The van der Waals surface area contributed by atoms with Gasteiger partial charge >= 0.3 is 5.97 Å². The molecule has 0 spiro atoms. The van der Waals surface area contributed by atoms with Crippen molar-refractivity contribution in [1.29, 1.82) is 0 Å². The fourth-order valence-corrected chi connectivity index (χ4v) is 1.55. The maximum atomic E-state index is 11.5. The number of aliphatic hydroxyl groups excluding tert-OH is 3. The number of hydrogen-bond acceptors (Lipinski definition) is 6. The summed E-state index contributed by atoms with van der Waals surface area (Å²) in [7, 11) is 0. The van der Waals surface area contributed by atoms with Gasteiger partial charge in [0.2, 0.25) is 0 Å². The Hall–Kier alpha value is -1.69. The lowest BCUT2D eigenvalue weighted by molar-refractivity contribution is -0.150. The van der Waals surface area contributed by atoms with Crippen molar-refractivity contribution < 1.29 is 29.6 Å². The van der Waals surface area contributed by atoms with Crippen LogP contribution >= 0.6 is 0 Å². The lowest BCUT2D eigenvalue weighted by atomic mass is 9.92. The second-order valence-corrected chi connectivity index (χ2v) is 5.68. The summed E-state index contributed by atoms with van der Waals surface area (Å²) < 4.78 is 9.87. The summed E-state index contributed by atoms with van der Waals surface area (Å²) in [6.07, 6.45) is -2.22. The summed E-state index contributed by atoms with van der Waals surface area (Å²) in [5.41, 5.74) is -0.208. The highest BCUT2D eigenvalue weighted by atomic mass is 16.6. The molecule has 2 unspecified atom stereocenters. The van der Waals surface area contributed by atoms with E-state index in [-0.39, 0.29) is 24.2 Å². The Bertz CT molecular complexity index is 404. The van der Waals surface area contributed by atoms with Crippen molar-refractivity contribution in [2.24, 2.45) is 5.41 Å². The van der Waals surface area contributed by atoms with Crippen LogP contribution in [-0.4, -0.2) is 40.1 Å². The molecule has 2 atom stereocenters. The van der Waals surface area contributed by atoms with Gasteiger partial charge in [-0.15, -0.1) is 0 Å². The molecule has 0 fully saturated rings. The summed E-state index contributed by atoms with van der Waals surface area (Å²) >= 11 is 0. The Morgan fingerprint density at radius 3 is 2.47 bits per heavy atom. The quantitative estimate of drug-likeness (QED) is 0.672. The first-order valence-electron chi connectivity index (χ1n) is 5.93. The van der Waals surface area contributed by atoms with Gasteiger partial charge < -0.3 is 24.8 Å². The number of rotatable bonds is 4. The van der Waals surface area contributed by atoms with E-state index in [0.29, 0.717) is 0 Å². The zero-order chi connectivity index (χ0) is 14.8. The fraction of sp³-hybridized carbons (Fsp3) is 0.615. The third kappa shape index (κ3) is 4.17. The van der Waals surface area contributed by atoms with Gasteiger partial charge in [-0.1, -0.05) is 27.4 Å². The molecule has 0 saturated heterocycles. The van der Waals surface area contributed by atoms with Gasteiger partial charge in [0.15, 0.2) is 23.4 Å². The highest BCUT2D eigenvalue weighted by Gasteiger charge is 2.36. The summed E-state index contributed by atoms with van der Waals surface area (Å²) in [4.78, 5) is 11.5. The number of esters is 1. The SMILES string of the molecule is C=C1OC(C(O)COC(=O)CC(C)(C)C)C(O)=C1O. The van der Waals surface area contributed by atoms with Crippen molar-refractivity contribution >= 4 is 5.97 Å². The number of hydrogen-bond donors (Lipinski definition) is 3. The van der Waals surface area contributed by atoms with Gasteiger partial charge in [0.1, 0.15) is 12.7 Å². The van der Waals surface area contributed by atoms with Crippen LogP contribution in [-0.2, 0) is 14.3 Å². The second-order valence-electron chi connectivity index (χ2n) is 5.68. The van der Waals surface area contributed by atoms with Crippen LogP contribution in [0, 0.1) is 5.41 Å². The van der Waals surface area contributed by atoms with Gasteiger partial charge in [-0.2, -0.15) is 0 Å². The maximum Gasteiger partial charge on any atom is 0.306 e. The van der Waals surface area contributed by atoms with E-state index in [1.807, 2.05) is 20.8 Å². The molecule has 0 saturated carbocycles. The molecule has 108 valence electrons. The topological polar surface area (TPSA) is 96.2 Å². The molecule has 0 aromatic heterocycles. The molecule has 0 aromatic rings. The molecule has 3 N–H and O–H groups in total. The normalized spacial score (nSPS) is 21.3. The molecule has 1 aliphatic rings. The van der Waals surface area contributed by atoms with Crippen molar-refractivity contribution in [3.8, 4) is 0 Å². The van der Waals surface area contributed by atoms with Gasteiger partial charge in [-0.3, -0.25) is 4.79 Å². The van der Waals surface area contributed by atoms with Gasteiger partial charge in [0.25, 0.3) is 0 Å². The fourth-order valence-electron chi connectivity index (χ4n) is 1.55. The summed E-state index contributed by atoms with van der Waals surface area (Å²) in [6, 6.07) is 0. The largest absolute Gasteiger partial charge is 0.505 e. The van der Waals surface area contributed by atoms with Crippen LogP contribution < -0.4 is 0 Å². The van der Waals surface area contributed by atoms with Crippen LogP contribution in [0.4, 0.5) is 0 Å². The molecule has 19 heavy (non-hydrogen) atoms. The van der Waals surface area contributed by atoms with Crippen molar-refractivity contribution in [3.05, 3.63) is 23.9 Å². The zero-order valence-corrected chi connectivity index (χ0v) is 11.3. The number of carbonyl (C=O) groups is 1. The molecule has 1 aliphatic heterocycles. The molecule has 0 bridgehead atoms. The smallest absolute Gasteiger partial charge is 0.306 e. The number of aliphatic hydroxyl groups is 3. The third-order valence-electron chi connectivity index (χ3n) is 2.48. The van der Waals surface area contributed by atoms with E-state index < -0.39 is 29.7 Å². The van der Waals surface area contributed by atoms with E-state index in [9.17, 15) is 20.1 Å². The van der Waals surface area contributed by atoms with Crippen molar-refractivity contribution in [3.63, 3.8) is 0 Å². The highest BCUT2D eigenvalue weighted by Crippen LogP contribution is 2.27. The standard InChI is InChI=1S/C13H20O6/c1-7-10(16)11(17)12(19-7)8(14)6-18-9(15)5-13(2,3)4/h8,12,14,16-17H,1,5-6H2,2-4H3. The predicted molar refractivity (Wildman–Crippen MR) is 67.3 cm³/mol. The zero-order valence-electron chi connectivity index (χ0n) is 11.3. The maximum absolute atomic E-state index is 11.5. The van der Waals surface area contributed by atoms with Crippen molar-refractivity contribution in [2.75, 3.05) is 6.61 Å². The summed E-state index contributed by atoms with van der Waals surface area (Å²) in [5.74, 6) is -1.58. The van der Waals surface area contributed by atoms with E-state index in [4.69, 9.17) is 9.47 Å². The van der Waals surface area contributed by atoms with E-state index in [0.717, 1.165) is 0 Å². The Morgan fingerprint density at radius 1 is 1.47 bits per heavy atom. The van der Waals surface area contributed by atoms with Crippen LogP contribution in [0.25, 0.3) is 0 Å². The Labute approximate surface area is 112 Å². The van der Waals surface area contributed by atoms with Gasteiger partial charge in [-0.25, -0.2) is 0 Å². The molecule has 0 radical (unpaired) electrons. The molecule has 0 aromatic carbocycles. The Balaban J connectivity index is 2.47. The summed E-state index contributed by atoms with van der Waals surface area (Å²) in [6.45, 7) is 8.69. The second kappa shape index (κ2) is 5.52. The molecular formula is C13H20O6. The first-order chi connectivity index (χ1) is 8.61. The number of ether oxygens (including phenoxy) is 2. The molecule has 6 heteroatoms. The van der Waals surface area contributed by atoms with E-state index in [2.05, 4.69) is 6.58 Å². The minimum atomic E-state index is -1.27. The van der Waals surface area contributed by atoms with Gasteiger partial charge in [-0.05, 0) is 5.41 Å². The Morgan fingerprint density at radius 2 is 2.05 bits per heavy atom. The first-order valence-corrected chi connectivity index (χ1v) is 5.93. The molecular weight excluding hydrogens is 252 g/mol. The van der Waals surface area contributed by atoms with E-state index in [1.165, 1.54) is 0 Å². The molecule has 1 rings (SSSR count). The Kier molecular flexibility index (Phi) is 4.47. The number of carbonyl (C=O) groups excluding carboxylic acids is 1. The lowest BCUT2D eigenvalue weighted by Gasteiger charge is -2.20. The monoisotopic (exact) mass is 272 g/mol. The van der Waals surface area contributed by atoms with Gasteiger partial charge in [0, 0.05) is 0 Å². The molecule has 1 heterocycles. The average Bonchev–Trinajstić information content (AvgIpc) is 2.51. The minimum absolute atomic E-state index is 0.123. The van der Waals surface area contributed by atoms with Crippen LogP contribution in [0.5, 0.6) is 0 Å². The van der Waals surface area contributed by atoms with Crippen LogP contribution in [0.1, 0.15) is 27.2 Å². The van der Waals surface area contributed by atoms with Crippen molar-refractivity contribution in [2.45, 2.75) is 39.4 Å². The molecule has 0 aliphatic carbocycles. The van der Waals surface area contributed by atoms with Crippen LogP contribution in [0.2, 0.25) is 0 Å². The third-order valence-corrected chi connectivity index (χ3v) is 2.48. The first kappa shape index (κ1) is 15.4. The van der Waals surface area contributed by atoms with E-state index in [1.54, 1.807) is 0 Å². The van der Waals surface area contributed by atoms with E-state index >= 15 is 0 Å². The summed E-state index contributed by atoms with van der Waals surface area (Å²) in [5, 5.41) is 28.5. The lowest BCUT2D eigenvalue weighted by Crippen LogP contribution is -2.33. The predicted octanol–water partition coefficient (Wildman–Crippen LogP) is 1.57. The average molecular weight is 272 g/mol. The van der Waals surface area contributed by atoms with Crippen molar-refractivity contribution in [1.82, 2.24) is 0 Å². The van der Waals surface area contributed by atoms with Crippen LogP contribution in [0.15, 0.2) is 23.9 Å². The van der Waals surface area contributed by atoms with Crippen LogP contribution in [0.3, 0.4) is 0 Å². The van der Waals surface area contributed by atoms with Gasteiger partial charge in [0.05, 0.1) is 6.42 Å². The minimum Gasteiger partial charge on any atom is -0.505 e. The highest BCUT2D eigenvalue weighted by molar-refractivity contribution is 5.70. The molecule has 0 amide bonds.